The van der Waals surface area contributed by atoms with Gasteiger partial charge in [0.25, 0.3) is 0 Å². The van der Waals surface area contributed by atoms with E-state index >= 15 is 0 Å². The van der Waals surface area contributed by atoms with Crippen LogP contribution in [0.25, 0.3) is 0 Å². The summed E-state index contributed by atoms with van der Waals surface area (Å²) in [6.07, 6.45) is 3.42. The summed E-state index contributed by atoms with van der Waals surface area (Å²) >= 11 is 0. The maximum Gasteiger partial charge on any atom is 0.326 e. The second-order valence-electron chi connectivity index (χ2n) is 5.11. The predicted octanol–water partition coefficient (Wildman–Crippen LogP) is 1.22. The summed E-state index contributed by atoms with van der Waals surface area (Å²) in [4.78, 5) is 24.8. The topological polar surface area (TPSA) is 83.6 Å². The first-order chi connectivity index (χ1) is 8.49. The Hall–Kier alpha value is -1.10. The van der Waals surface area contributed by atoms with Crippen molar-refractivity contribution in [1.82, 2.24) is 4.90 Å². The van der Waals surface area contributed by atoms with Gasteiger partial charge in [0.05, 0.1) is 0 Å². The van der Waals surface area contributed by atoms with Gasteiger partial charge >= 0.3 is 5.97 Å². The lowest BCUT2D eigenvalue weighted by Gasteiger charge is -2.37. The number of aliphatic carboxylic acids is 1. The predicted molar refractivity (Wildman–Crippen MR) is 69.0 cm³/mol. The van der Waals surface area contributed by atoms with Crippen LogP contribution in [0.4, 0.5) is 0 Å². The van der Waals surface area contributed by atoms with E-state index in [4.69, 9.17) is 5.73 Å². The molecule has 1 heterocycles. The lowest BCUT2D eigenvalue weighted by molar-refractivity contribution is -0.153. The average Bonchev–Trinajstić information content (AvgIpc) is 2.37. The van der Waals surface area contributed by atoms with Crippen LogP contribution >= 0.6 is 0 Å². The van der Waals surface area contributed by atoms with Crippen molar-refractivity contribution in [2.75, 3.05) is 6.54 Å². The van der Waals surface area contributed by atoms with Crippen LogP contribution < -0.4 is 5.73 Å². The Balaban J connectivity index is 2.67. The van der Waals surface area contributed by atoms with E-state index in [1.54, 1.807) is 0 Å². The largest absolute Gasteiger partial charge is 0.480 e. The number of hydrogen-bond acceptors (Lipinski definition) is 3. The van der Waals surface area contributed by atoms with Gasteiger partial charge in [-0.15, -0.1) is 0 Å². The molecule has 1 aliphatic heterocycles. The highest BCUT2D eigenvalue weighted by atomic mass is 16.4. The summed E-state index contributed by atoms with van der Waals surface area (Å²) in [6.45, 7) is 4.54. The fourth-order valence-corrected chi connectivity index (χ4v) is 2.43. The third-order valence-corrected chi connectivity index (χ3v) is 3.86. The molecule has 3 unspecified atom stereocenters. The number of nitrogens with two attached hydrogens (primary N) is 1. The molecule has 0 spiro atoms. The standard InChI is InChI=1S/C13H24N2O3/c1-3-9-5-6-15(11(7-9)13(17)18)12(16)8-10(14)4-2/h9-11H,3-8,14H2,1-2H3,(H,17,18). The quantitative estimate of drug-likeness (QED) is 0.774. The molecule has 18 heavy (non-hydrogen) atoms. The molecule has 0 aromatic carbocycles. The minimum absolute atomic E-state index is 0.119. The molecule has 0 saturated carbocycles. The van der Waals surface area contributed by atoms with E-state index in [0.717, 1.165) is 19.3 Å². The molecule has 5 heteroatoms. The van der Waals surface area contributed by atoms with Gasteiger partial charge in [-0.1, -0.05) is 20.3 Å². The third kappa shape index (κ3) is 3.70. The molecule has 0 radical (unpaired) electrons. The number of amides is 1. The van der Waals surface area contributed by atoms with Crippen molar-refractivity contribution in [2.24, 2.45) is 11.7 Å². The summed E-state index contributed by atoms with van der Waals surface area (Å²) < 4.78 is 0. The zero-order valence-corrected chi connectivity index (χ0v) is 11.3. The normalized spacial score (nSPS) is 25.8. The summed E-state index contributed by atoms with van der Waals surface area (Å²) in [5.41, 5.74) is 5.76. The molecule has 3 N–H and O–H groups in total. The number of carbonyl (C=O) groups is 2. The van der Waals surface area contributed by atoms with Gasteiger partial charge in [0.15, 0.2) is 0 Å². The second kappa shape index (κ2) is 6.73. The summed E-state index contributed by atoms with van der Waals surface area (Å²) in [5.74, 6) is -0.604. The van der Waals surface area contributed by atoms with Gasteiger partial charge in [-0.05, 0) is 25.2 Å². The van der Waals surface area contributed by atoms with Gasteiger partial charge in [-0.3, -0.25) is 4.79 Å². The smallest absolute Gasteiger partial charge is 0.326 e. The number of piperidine rings is 1. The van der Waals surface area contributed by atoms with Gasteiger partial charge in [-0.2, -0.15) is 0 Å². The molecule has 0 bridgehead atoms. The van der Waals surface area contributed by atoms with Crippen LogP contribution in [-0.4, -0.2) is 40.5 Å². The Morgan fingerprint density at radius 1 is 1.44 bits per heavy atom. The lowest BCUT2D eigenvalue weighted by atomic mass is 9.88. The Kier molecular flexibility index (Phi) is 5.59. The second-order valence-corrected chi connectivity index (χ2v) is 5.11. The Bertz CT molecular complexity index is 307. The summed E-state index contributed by atoms with van der Waals surface area (Å²) in [5, 5.41) is 9.24. The Labute approximate surface area is 108 Å². The first kappa shape index (κ1) is 15.0. The van der Waals surface area contributed by atoms with Crippen molar-refractivity contribution in [1.29, 1.82) is 0 Å². The highest BCUT2D eigenvalue weighted by molar-refractivity contribution is 5.84. The molecule has 5 nitrogen and oxygen atoms in total. The summed E-state index contributed by atoms with van der Waals surface area (Å²) in [6, 6.07) is -0.837. The van der Waals surface area contributed by atoms with Crippen molar-refractivity contribution in [3.8, 4) is 0 Å². The van der Waals surface area contributed by atoms with Crippen LogP contribution in [0.3, 0.4) is 0 Å². The van der Waals surface area contributed by atoms with Crippen LogP contribution in [0.5, 0.6) is 0 Å². The van der Waals surface area contributed by atoms with E-state index in [0.29, 0.717) is 18.9 Å². The maximum atomic E-state index is 12.1. The molecular weight excluding hydrogens is 232 g/mol. The van der Waals surface area contributed by atoms with Crippen molar-refractivity contribution in [3.05, 3.63) is 0 Å². The van der Waals surface area contributed by atoms with Crippen LogP contribution in [0.2, 0.25) is 0 Å². The van der Waals surface area contributed by atoms with Crippen molar-refractivity contribution in [2.45, 2.75) is 58.0 Å². The third-order valence-electron chi connectivity index (χ3n) is 3.86. The number of nitrogens with zero attached hydrogens (tertiary/aromatic N) is 1. The molecule has 3 atom stereocenters. The highest BCUT2D eigenvalue weighted by Gasteiger charge is 2.35. The first-order valence-corrected chi connectivity index (χ1v) is 6.77. The van der Waals surface area contributed by atoms with Gasteiger partial charge in [-0.25, -0.2) is 4.79 Å². The van der Waals surface area contributed by atoms with Gasteiger partial charge < -0.3 is 15.7 Å². The number of rotatable bonds is 5. The van der Waals surface area contributed by atoms with Crippen molar-refractivity contribution >= 4 is 11.9 Å². The number of likely N-dealkylation sites (tertiary alicyclic amines) is 1. The molecule has 1 amide bonds. The molecule has 0 aromatic heterocycles. The molecule has 1 saturated heterocycles. The number of carboxylic acid groups (broad SMARTS) is 1. The van der Waals surface area contributed by atoms with Gasteiger partial charge in [0, 0.05) is 19.0 Å². The van der Waals surface area contributed by atoms with Crippen LogP contribution in [0.1, 0.15) is 46.0 Å². The average molecular weight is 256 g/mol. The molecular formula is C13H24N2O3. The van der Waals surface area contributed by atoms with Crippen LogP contribution in [-0.2, 0) is 9.59 Å². The number of carbonyl (C=O) groups excluding carboxylic acids is 1. The minimum Gasteiger partial charge on any atom is -0.480 e. The van der Waals surface area contributed by atoms with E-state index in [1.165, 1.54) is 4.90 Å². The molecule has 1 rings (SSSR count). The Morgan fingerprint density at radius 2 is 2.11 bits per heavy atom. The van der Waals surface area contributed by atoms with E-state index in [9.17, 15) is 14.7 Å². The van der Waals surface area contributed by atoms with Gasteiger partial charge in [0.1, 0.15) is 6.04 Å². The zero-order chi connectivity index (χ0) is 13.7. The van der Waals surface area contributed by atoms with E-state index < -0.39 is 12.0 Å². The van der Waals surface area contributed by atoms with Crippen molar-refractivity contribution < 1.29 is 14.7 Å². The van der Waals surface area contributed by atoms with E-state index in [1.807, 2.05) is 6.92 Å². The number of carboxylic acids is 1. The molecule has 104 valence electrons. The molecule has 1 aliphatic rings. The van der Waals surface area contributed by atoms with Gasteiger partial charge in [0.2, 0.25) is 5.91 Å². The van der Waals surface area contributed by atoms with Crippen LogP contribution in [0.15, 0.2) is 0 Å². The Morgan fingerprint density at radius 3 is 2.61 bits per heavy atom. The van der Waals surface area contributed by atoms with E-state index in [2.05, 4.69) is 6.92 Å². The van der Waals surface area contributed by atoms with Crippen molar-refractivity contribution in [3.63, 3.8) is 0 Å². The zero-order valence-electron chi connectivity index (χ0n) is 11.3. The maximum absolute atomic E-state index is 12.1. The highest BCUT2D eigenvalue weighted by Crippen LogP contribution is 2.26. The molecule has 0 aliphatic carbocycles. The monoisotopic (exact) mass is 256 g/mol. The fraction of sp³-hybridized carbons (Fsp3) is 0.846. The lowest BCUT2D eigenvalue weighted by Crippen LogP contribution is -2.51. The molecule has 1 fully saturated rings. The number of hydrogen-bond donors (Lipinski definition) is 2. The first-order valence-electron chi connectivity index (χ1n) is 6.77. The SMILES string of the molecule is CCC(N)CC(=O)N1CCC(CC)CC1C(=O)O. The summed E-state index contributed by atoms with van der Waals surface area (Å²) in [7, 11) is 0. The van der Waals surface area contributed by atoms with Crippen LogP contribution in [0, 0.1) is 5.92 Å². The van der Waals surface area contributed by atoms with E-state index in [-0.39, 0.29) is 18.4 Å². The molecule has 0 aromatic rings. The minimum atomic E-state index is -0.897. The fourth-order valence-electron chi connectivity index (χ4n) is 2.43.